The average molecular weight is 403 g/mol. The zero-order valence-electron chi connectivity index (χ0n) is 16.4. The van der Waals surface area contributed by atoms with Gasteiger partial charge < -0.3 is 25.9 Å². The maximum Gasteiger partial charge on any atom is 0.405 e. The van der Waals surface area contributed by atoms with E-state index in [1.165, 1.54) is 0 Å². The van der Waals surface area contributed by atoms with Crippen LogP contribution in [0.1, 0.15) is 51.4 Å². The van der Waals surface area contributed by atoms with E-state index in [2.05, 4.69) is 16.0 Å². The molecule has 8 heteroatoms. The van der Waals surface area contributed by atoms with Gasteiger partial charge in [0.2, 0.25) is 11.8 Å². The summed E-state index contributed by atoms with van der Waals surface area (Å²) >= 11 is 0. The fourth-order valence-electron chi connectivity index (χ4n) is 3.63. The van der Waals surface area contributed by atoms with Gasteiger partial charge in [-0.2, -0.15) is 0 Å². The molecule has 0 spiro atoms. The maximum absolute atomic E-state index is 12.6. The average Bonchev–Trinajstić information content (AvgIpc) is 2.71. The van der Waals surface area contributed by atoms with Crippen LogP contribution in [0.25, 0.3) is 0 Å². The number of aldehydes is 1. The van der Waals surface area contributed by atoms with Gasteiger partial charge in [-0.15, -0.1) is 0 Å². The number of hydrogen-bond acceptors (Lipinski definition) is 4. The van der Waals surface area contributed by atoms with Crippen LogP contribution in [0.3, 0.4) is 0 Å². The number of amides is 3. The molecular formula is C21H29N3O5. The summed E-state index contributed by atoms with van der Waals surface area (Å²) in [5, 5.41) is 16.6. The van der Waals surface area contributed by atoms with Gasteiger partial charge in [-0.1, -0.05) is 50.3 Å². The Hall–Kier alpha value is -2.90. The van der Waals surface area contributed by atoms with Crippen LogP contribution in [-0.2, 0) is 14.4 Å². The molecule has 1 aromatic rings. The Morgan fingerprint density at radius 2 is 1.76 bits per heavy atom. The molecule has 1 aromatic carbocycles. The van der Waals surface area contributed by atoms with Crippen molar-refractivity contribution in [2.45, 2.75) is 63.5 Å². The summed E-state index contributed by atoms with van der Waals surface area (Å²) in [5.41, 5.74) is 0.655. The summed E-state index contributed by atoms with van der Waals surface area (Å²) in [7, 11) is 0. The number of carboxylic acid groups (broad SMARTS) is 1. The van der Waals surface area contributed by atoms with Gasteiger partial charge in [-0.05, 0) is 30.9 Å². The van der Waals surface area contributed by atoms with E-state index < -0.39 is 24.1 Å². The first-order valence-corrected chi connectivity index (χ1v) is 10.1. The Balaban J connectivity index is 1.85. The van der Waals surface area contributed by atoms with E-state index in [-0.39, 0.29) is 24.7 Å². The van der Waals surface area contributed by atoms with Crippen molar-refractivity contribution in [2.24, 2.45) is 5.92 Å². The molecule has 0 aliphatic heterocycles. The number of para-hydroxylation sites is 1. The molecule has 4 N–H and O–H groups in total. The fourth-order valence-corrected chi connectivity index (χ4v) is 3.63. The molecule has 1 aliphatic rings. The summed E-state index contributed by atoms with van der Waals surface area (Å²) in [5.74, 6) is -0.504. The molecule has 0 heterocycles. The second-order valence-corrected chi connectivity index (χ2v) is 7.45. The van der Waals surface area contributed by atoms with E-state index in [1.807, 2.05) is 6.07 Å². The number of anilines is 1. The number of nitrogens with one attached hydrogen (secondary N) is 3. The highest BCUT2D eigenvalue weighted by Gasteiger charge is 2.27. The summed E-state index contributed by atoms with van der Waals surface area (Å²) in [6, 6.07) is 7.18. The van der Waals surface area contributed by atoms with Crippen LogP contribution in [0.15, 0.2) is 30.3 Å². The Labute approximate surface area is 170 Å². The largest absolute Gasteiger partial charge is 0.465 e. The SMILES string of the molecule is O=CC(CCC(=O)Nc1ccccc1)NC(=O)C(CC1CCCCC1)NC(=O)O. The highest BCUT2D eigenvalue weighted by atomic mass is 16.4. The van der Waals surface area contributed by atoms with Crippen LogP contribution in [0.2, 0.25) is 0 Å². The number of benzene rings is 1. The summed E-state index contributed by atoms with van der Waals surface area (Å²) in [4.78, 5) is 47.0. The van der Waals surface area contributed by atoms with Gasteiger partial charge in [0.05, 0.1) is 6.04 Å². The van der Waals surface area contributed by atoms with Crippen molar-refractivity contribution in [1.82, 2.24) is 10.6 Å². The lowest BCUT2D eigenvalue weighted by atomic mass is 9.84. The van der Waals surface area contributed by atoms with Crippen LogP contribution in [0.5, 0.6) is 0 Å². The molecule has 0 aromatic heterocycles. The standard InChI is InChI=1S/C21H29N3O5/c25-14-17(11-12-19(26)22-16-9-5-2-6-10-16)23-20(27)18(24-21(28)29)13-15-7-3-1-4-8-15/h2,5-6,9-10,14-15,17-18,24H,1,3-4,7-8,11-13H2,(H,22,26)(H,23,27)(H,28,29). The summed E-state index contributed by atoms with van der Waals surface area (Å²) < 4.78 is 0. The molecular weight excluding hydrogens is 374 g/mol. The van der Waals surface area contributed by atoms with Crippen LogP contribution in [0.4, 0.5) is 10.5 Å². The van der Waals surface area contributed by atoms with Gasteiger partial charge in [0, 0.05) is 12.1 Å². The van der Waals surface area contributed by atoms with E-state index >= 15 is 0 Å². The predicted octanol–water partition coefficient (Wildman–Crippen LogP) is 2.70. The smallest absolute Gasteiger partial charge is 0.405 e. The summed E-state index contributed by atoms with van der Waals surface area (Å²) in [6.45, 7) is 0. The molecule has 8 nitrogen and oxygen atoms in total. The van der Waals surface area contributed by atoms with Crippen LogP contribution >= 0.6 is 0 Å². The van der Waals surface area contributed by atoms with Crippen molar-refractivity contribution in [2.75, 3.05) is 5.32 Å². The lowest BCUT2D eigenvalue weighted by Gasteiger charge is -2.26. The molecule has 29 heavy (non-hydrogen) atoms. The predicted molar refractivity (Wildman–Crippen MR) is 108 cm³/mol. The fraction of sp³-hybridized carbons (Fsp3) is 0.524. The monoisotopic (exact) mass is 403 g/mol. The topological polar surface area (TPSA) is 125 Å². The first-order chi connectivity index (χ1) is 14.0. The minimum absolute atomic E-state index is 0.0538. The molecule has 0 bridgehead atoms. The van der Waals surface area contributed by atoms with E-state index in [9.17, 15) is 19.2 Å². The van der Waals surface area contributed by atoms with Crippen molar-refractivity contribution in [3.8, 4) is 0 Å². The Bertz CT molecular complexity index is 689. The summed E-state index contributed by atoms with van der Waals surface area (Å²) in [6.07, 6.45) is 5.19. The third-order valence-electron chi connectivity index (χ3n) is 5.14. The molecule has 2 rings (SSSR count). The van der Waals surface area contributed by atoms with Gasteiger partial charge in [-0.25, -0.2) is 4.79 Å². The second-order valence-electron chi connectivity index (χ2n) is 7.45. The molecule has 0 radical (unpaired) electrons. The quantitative estimate of drug-likeness (QED) is 0.447. The van der Waals surface area contributed by atoms with E-state index in [1.54, 1.807) is 24.3 Å². The molecule has 0 saturated heterocycles. The molecule has 2 unspecified atom stereocenters. The zero-order valence-corrected chi connectivity index (χ0v) is 16.4. The number of carbonyl (C=O) groups is 4. The van der Waals surface area contributed by atoms with Crippen LogP contribution < -0.4 is 16.0 Å². The van der Waals surface area contributed by atoms with E-state index in [4.69, 9.17) is 5.11 Å². The zero-order chi connectivity index (χ0) is 21.1. The normalized spacial score (nSPS) is 16.3. The molecule has 1 saturated carbocycles. The third-order valence-corrected chi connectivity index (χ3v) is 5.14. The van der Waals surface area contributed by atoms with Crippen LogP contribution in [0, 0.1) is 5.92 Å². The molecule has 3 amide bonds. The Morgan fingerprint density at radius 1 is 1.07 bits per heavy atom. The van der Waals surface area contributed by atoms with Gasteiger partial charge in [0.1, 0.15) is 12.3 Å². The molecule has 1 fully saturated rings. The molecule has 158 valence electrons. The highest BCUT2D eigenvalue weighted by molar-refractivity contribution is 5.91. The lowest BCUT2D eigenvalue weighted by Crippen LogP contribution is -2.50. The number of carbonyl (C=O) groups excluding carboxylic acids is 3. The van der Waals surface area contributed by atoms with E-state index in [0.29, 0.717) is 18.4 Å². The van der Waals surface area contributed by atoms with Gasteiger partial charge in [0.25, 0.3) is 0 Å². The number of hydrogen-bond donors (Lipinski definition) is 4. The van der Waals surface area contributed by atoms with Crippen molar-refractivity contribution in [3.05, 3.63) is 30.3 Å². The van der Waals surface area contributed by atoms with Crippen molar-refractivity contribution >= 4 is 29.9 Å². The maximum atomic E-state index is 12.6. The molecule has 2 atom stereocenters. The van der Waals surface area contributed by atoms with Crippen molar-refractivity contribution in [1.29, 1.82) is 0 Å². The Kier molecular flexibility index (Phi) is 9.14. The first kappa shape index (κ1) is 22.4. The minimum Gasteiger partial charge on any atom is -0.465 e. The first-order valence-electron chi connectivity index (χ1n) is 10.1. The van der Waals surface area contributed by atoms with Gasteiger partial charge >= 0.3 is 6.09 Å². The highest BCUT2D eigenvalue weighted by Crippen LogP contribution is 2.27. The third kappa shape index (κ3) is 8.33. The van der Waals surface area contributed by atoms with Crippen molar-refractivity contribution < 1.29 is 24.3 Å². The molecule has 1 aliphatic carbocycles. The Morgan fingerprint density at radius 3 is 2.38 bits per heavy atom. The lowest BCUT2D eigenvalue weighted by molar-refractivity contribution is -0.126. The van der Waals surface area contributed by atoms with Crippen molar-refractivity contribution in [3.63, 3.8) is 0 Å². The van der Waals surface area contributed by atoms with Gasteiger partial charge in [0.15, 0.2) is 0 Å². The van der Waals surface area contributed by atoms with Crippen LogP contribution in [-0.4, -0.2) is 41.4 Å². The number of rotatable bonds is 10. The van der Waals surface area contributed by atoms with E-state index in [0.717, 1.165) is 32.1 Å². The second kappa shape index (κ2) is 11.8. The van der Waals surface area contributed by atoms with Gasteiger partial charge in [-0.3, -0.25) is 9.59 Å². The minimum atomic E-state index is -1.27.